The number of aliphatic hydroxyl groups excluding tert-OH is 2. The highest BCUT2D eigenvalue weighted by molar-refractivity contribution is 5.76. The lowest BCUT2D eigenvalue weighted by molar-refractivity contribution is -0.138. The first-order valence-electron chi connectivity index (χ1n) is 4.75. The molecule has 0 fully saturated rings. The van der Waals surface area contributed by atoms with Crippen molar-refractivity contribution in [3.05, 3.63) is 0 Å². The van der Waals surface area contributed by atoms with Gasteiger partial charge in [-0.1, -0.05) is 0 Å². The van der Waals surface area contributed by atoms with Crippen LogP contribution in [-0.2, 0) is 9.59 Å². The van der Waals surface area contributed by atoms with E-state index in [9.17, 15) is 9.59 Å². The van der Waals surface area contributed by atoms with Crippen molar-refractivity contribution in [1.29, 1.82) is 0 Å². The standard InChI is InChI=1S/C9H18N2O4/c1-8(14)10(3-5-12)7-11(4-6-13)9(2)15/h12-13H,3-7H2,1-2H3. The minimum atomic E-state index is -0.215. The Hall–Kier alpha value is -1.14. The molecule has 2 amide bonds. The third-order valence-corrected chi connectivity index (χ3v) is 1.97. The van der Waals surface area contributed by atoms with Gasteiger partial charge in [-0.15, -0.1) is 0 Å². The van der Waals surface area contributed by atoms with E-state index in [1.807, 2.05) is 0 Å². The van der Waals surface area contributed by atoms with E-state index in [4.69, 9.17) is 10.2 Å². The highest BCUT2D eigenvalue weighted by Crippen LogP contribution is 1.96. The van der Waals surface area contributed by atoms with Crippen LogP contribution >= 0.6 is 0 Å². The molecule has 0 saturated carbocycles. The average Bonchev–Trinajstić information content (AvgIpc) is 2.15. The van der Waals surface area contributed by atoms with Crippen LogP contribution in [0.2, 0.25) is 0 Å². The summed E-state index contributed by atoms with van der Waals surface area (Å²) in [5.41, 5.74) is 0. The zero-order valence-electron chi connectivity index (χ0n) is 9.14. The summed E-state index contributed by atoms with van der Waals surface area (Å²) in [5.74, 6) is -0.429. The van der Waals surface area contributed by atoms with Crippen molar-refractivity contribution in [3.63, 3.8) is 0 Å². The van der Waals surface area contributed by atoms with E-state index in [1.165, 1.54) is 23.6 Å². The second-order valence-electron chi connectivity index (χ2n) is 3.15. The van der Waals surface area contributed by atoms with E-state index in [-0.39, 0.29) is 44.8 Å². The summed E-state index contributed by atoms with van der Waals surface area (Å²) in [6, 6.07) is 0. The number of hydrogen-bond donors (Lipinski definition) is 2. The van der Waals surface area contributed by atoms with Gasteiger partial charge in [0.1, 0.15) is 0 Å². The third kappa shape index (κ3) is 5.34. The van der Waals surface area contributed by atoms with E-state index in [0.29, 0.717) is 0 Å². The molecule has 0 rings (SSSR count). The predicted molar refractivity (Wildman–Crippen MR) is 53.8 cm³/mol. The molecule has 0 aromatic heterocycles. The second-order valence-corrected chi connectivity index (χ2v) is 3.15. The molecule has 88 valence electrons. The SMILES string of the molecule is CC(=O)N(CCO)CN(CCO)C(C)=O. The molecule has 0 unspecified atom stereocenters. The summed E-state index contributed by atoms with van der Waals surface area (Å²) >= 11 is 0. The Morgan fingerprint density at radius 1 is 0.933 bits per heavy atom. The van der Waals surface area contributed by atoms with Crippen LogP contribution in [0.25, 0.3) is 0 Å². The van der Waals surface area contributed by atoms with Gasteiger partial charge in [0.15, 0.2) is 0 Å². The van der Waals surface area contributed by atoms with Gasteiger partial charge in [0.2, 0.25) is 11.8 Å². The molecule has 0 bridgehead atoms. The number of aliphatic hydroxyl groups is 2. The smallest absolute Gasteiger partial charge is 0.220 e. The number of amides is 2. The van der Waals surface area contributed by atoms with Crippen LogP contribution in [0, 0.1) is 0 Å². The molecule has 6 nitrogen and oxygen atoms in total. The van der Waals surface area contributed by atoms with E-state index in [0.717, 1.165) is 0 Å². The van der Waals surface area contributed by atoms with Crippen molar-refractivity contribution < 1.29 is 19.8 Å². The fourth-order valence-electron chi connectivity index (χ4n) is 1.10. The zero-order chi connectivity index (χ0) is 11.8. The maximum absolute atomic E-state index is 11.1. The highest BCUT2D eigenvalue weighted by atomic mass is 16.3. The topological polar surface area (TPSA) is 81.1 Å². The normalized spacial score (nSPS) is 9.87. The van der Waals surface area contributed by atoms with E-state index < -0.39 is 0 Å². The average molecular weight is 218 g/mol. The van der Waals surface area contributed by atoms with Gasteiger partial charge in [-0.3, -0.25) is 9.59 Å². The second kappa shape index (κ2) is 7.19. The van der Waals surface area contributed by atoms with Crippen LogP contribution in [-0.4, -0.2) is 64.8 Å². The zero-order valence-corrected chi connectivity index (χ0v) is 9.14. The minimum Gasteiger partial charge on any atom is -0.395 e. The Labute approximate surface area is 89.1 Å². The molecular weight excluding hydrogens is 200 g/mol. The Balaban J connectivity index is 4.32. The lowest BCUT2D eigenvalue weighted by Crippen LogP contribution is -2.44. The monoisotopic (exact) mass is 218 g/mol. The number of rotatable bonds is 6. The molecular formula is C9H18N2O4. The molecule has 0 saturated heterocycles. The fourth-order valence-corrected chi connectivity index (χ4v) is 1.10. The van der Waals surface area contributed by atoms with Gasteiger partial charge in [0, 0.05) is 26.9 Å². The van der Waals surface area contributed by atoms with Crippen molar-refractivity contribution in [1.82, 2.24) is 9.80 Å². The van der Waals surface area contributed by atoms with Gasteiger partial charge in [-0.25, -0.2) is 0 Å². The van der Waals surface area contributed by atoms with Gasteiger partial charge >= 0.3 is 0 Å². The molecule has 0 heterocycles. The molecule has 0 aliphatic carbocycles. The first-order chi connectivity index (χ1) is 7.02. The van der Waals surface area contributed by atoms with Gasteiger partial charge < -0.3 is 20.0 Å². The minimum absolute atomic E-state index is 0.103. The molecule has 0 radical (unpaired) electrons. The maximum Gasteiger partial charge on any atom is 0.220 e. The summed E-state index contributed by atoms with van der Waals surface area (Å²) in [4.78, 5) is 24.9. The van der Waals surface area contributed by atoms with Gasteiger partial charge in [-0.05, 0) is 0 Å². The van der Waals surface area contributed by atoms with E-state index >= 15 is 0 Å². The van der Waals surface area contributed by atoms with Crippen molar-refractivity contribution in [2.45, 2.75) is 13.8 Å². The first kappa shape index (κ1) is 13.9. The van der Waals surface area contributed by atoms with Crippen LogP contribution in [0.15, 0.2) is 0 Å². The van der Waals surface area contributed by atoms with Gasteiger partial charge in [0.25, 0.3) is 0 Å². The van der Waals surface area contributed by atoms with Gasteiger partial charge in [-0.2, -0.15) is 0 Å². The van der Waals surface area contributed by atoms with Crippen LogP contribution in [0.5, 0.6) is 0 Å². The quantitative estimate of drug-likeness (QED) is 0.539. The number of nitrogens with zero attached hydrogens (tertiary/aromatic N) is 2. The number of carbonyl (C=O) groups is 2. The van der Waals surface area contributed by atoms with Crippen LogP contribution in [0.1, 0.15) is 13.8 Å². The summed E-state index contributed by atoms with van der Waals surface area (Å²) in [6.45, 7) is 2.91. The summed E-state index contributed by atoms with van der Waals surface area (Å²) in [6.07, 6.45) is 0. The summed E-state index contributed by atoms with van der Waals surface area (Å²) in [5, 5.41) is 17.4. The molecule has 0 spiro atoms. The molecule has 0 aromatic rings. The van der Waals surface area contributed by atoms with E-state index in [1.54, 1.807) is 0 Å². The molecule has 0 aliphatic heterocycles. The van der Waals surface area contributed by atoms with Crippen molar-refractivity contribution in [2.75, 3.05) is 33.0 Å². The maximum atomic E-state index is 11.1. The number of hydrogen-bond acceptors (Lipinski definition) is 4. The fraction of sp³-hybridized carbons (Fsp3) is 0.778. The Morgan fingerprint density at radius 2 is 1.27 bits per heavy atom. The van der Waals surface area contributed by atoms with Gasteiger partial charge in [0.05, 0.1) is 19.9 Å². The number of carbonyl (C=O) groups excluding carboxylic acids is 2. The van der Waals surface area contributed by atoms with Crippen LogP contribution in [0.3, 0.4) is 0 Å². The summed E-state index contributed by atoms with van der Waals surface area (Å²) in [7, 11) is 0. The Bertz CT molecular complexity index is 198. The molecule has 0 aliphatic rings. The lowest BCUT2D eigenvalue weighted by atomic mass is 10.4. The molecule has 0 atom stereocenters. The molecule has 0 aromatic carbocycles. The third-order valence-electron chi connectivity index (χ3n) is 1.97. The van der Waals surface area contributed by atoms with Crippen LogP contribution < -0.4 is 0 Å². The van der Waals surface area contributed by atoms with Crippen molar-refractivity contribution in [3.8, 4) is 0 Å². The van der Waals surface area contributed by atoms with Crippen LogP contribution in [0.4, 0.5) is 0 Å². The molecule has 2 N–H and O–H groups in total. The predicted octanol–water partition coefficient (Wildman–Crippen LogP) is -1.37. The Morgan fingerprint density at radius 3 is 1.47 bits per heavy atom. The molecule has 15 heavy (non-hydrogen) atoms. The van der Waals surface area contributed by atoms with Crippen molar-refractivity contribution in [2.24, 2.45) is 0 Å². The lowest BCUT2D eigenvalue weighted by Gasteiger charge is -2.28. The van der Waals surface area contributed by atoms with Crippen molar-refractivity contribution >= 4 is 11.8 Å². The first-order valence-corrected chi connectivity index (χ1v) is 4.75. The molecule has 6 heteroatoms. The largest absolute Gasteiger partial charge is 0.395 e. The summed E-state index contributed by atoms with van der Waals surface area (Å²) < 4.78 is 0. The van der Waals surface area contributed by atoms with E-state index in [2.05, 4.69) is 0 Å². The highest BCUT2D eigenvalue weighted by Gasteiger charge is 2.14. The Kier molecular flexibility index (Phi) is 6.64.